The summed E-state index contributed by atoms with van der Waals surface area (Å²) in [5.41, 5.74) is 2.23. The number of halogens is 1. The standard InChI is InChI=1S/C13H14BrN3O/c1-18-11-5-3-2-4-9(11)13-16-12(14)10-8-15-6-7-17(10)13/h2-5,15H,6-8H2,1H3. The molecule has 0 bridgehead atoms. The molecule has 94 valence electrons. The summed E-state index contributed by atoms with van der Waals surface area (Å²) in [6.45, 7) is 2.75. The van der Waals surface area contributed by atoms with E-state index in [-0.39, 0.29) is 0 Å². The predicted octanol–water partition coefficient (Wildman–Crippen LogP) is 2.42. The molecule has 0 aliphatic carbocycles. The van der Waals surface area contributed by atoms with E-state index in [1.807, 2.05) is 24.3 Å². The van der Waals surface area contributed by atoms with Gasteiger partial charge in [0.15, 0.2) is 0 Å². The topological polar surface area (TPSA) is 39.1 Å². The third-order valence-electron chi connectivity index (χ3n) is 3.18. The van der Waals surface area contributed by atoms with Crippen LogP contribution < -0.4 is 10.1 Å². The Kier molecular flexibility index (Phi) is 3.09. The van der Waals surface area contributed by atoms with Crippen LogP contribution in [-0.4, -0.2) is 23.2 Å². The molecule has 1 N–H and O–H groups in total. The highest BCUT2D eigenvalue weighted by molar-refractivity contribution is 9.10. The van der Waals surface area contributed by atoms with Crippen molar-refractivity contribution < 1.29 is 4.74 Å². The van der Waals surface area contributed by atoms with Gasteiger partial charge < -0.3 is 14.6 Å². The van der Waals surface area contributed by atoms with Crippen LogP contribution in [0.25, 0.3) is 11.4 Å². The summed E-state index contributed by atoms with van der Waals surface area (Å²) in [7, 11) is 1.69. The van der Waals surface area contributed by atoms with Crippen LogP contribution in [0.3, 0.4) is 0 Å². The quantitative estimate of drug-likeness (QED) is 0.926. The van der Waals surface area contributed by atoms with Crippen LogP contribution in [-0.2, 0) is 13.1 Å². The first-order valence-corrected chi connectivity index (χ1v) is 6.69. The molecule has 1 aliphatic heterocycles. The molecule has 0 fully saturated rings. The van der Waals surface area contributed by atoms with Crippen molar-refractivity contribution in [1.82, 2.24) is 14.9 Å². The van der Waals surface area contributed by atoms with Gasteiger partial charge in [-0.3, -0.25) is 0 Å². The van der Waals surface area contributed by atoms with Gasteiger partial charge in [0.2, 0.25) is 0 Å². The fourth-order valence-electron chi connectivity index (χ4n) is 2.30. The maximum absolute atomic E-state index is 5.42. The molecule has 18 heavy (non-hydrogen) atoms. The zero-order valence-electron chi connectivity index (χ0n) is 10.1. The first-order valence-electron chi connectivity index (χ1n) is 5.90. The Balaban J connectivity index is 2.17. The van der Waals surface area contributed by atoms with Gasteiger partial charge in [0.25, 0.3) is 0 Å². The van der Waals surface area contributed by atoms with Gasteiger partial charge in [-0.2, -0.15) is 0 Å². The van der Waals surface area contributed by atoms with Crippen LogP contribution in [0.15, 0.2) is 28.9 Å². The van der Waals surface area contributed by atoms with Gasteiger partial charge in [-0.05, 0) is 28.1 Å². The van der Waals surface area contributed by atoms with Crippen LogP contribution in [0.5, 0.6) is 5.75 Å². The SMILES string of the molecule is COc1ccccc1-c1nc(Br)c2n1CCNC2. The van der Waals surface area contributed by atoms with Crippen molar-refractivity contribution in [3.05, 3.63) is 34.6 Å². The molecular weight excluding hydrogens is 294 g/mol. The van der Waals surface area contributed by atoms with E-state index in [9.17, 15) is 0 Å². The second kappa shape index (κ2) is 4.74. The first kappa shape index (κ1) is 11.7. The third-order valence-corrected chi connectivity index (χ3v) is 3.81. The number of nitrogens with zero attached hydrogens (tertiary/aromatic N) is 2. The van der Waals surface area contributed by atoms with E-state index in [0.717, 1.165) is 41.4 Å². The van der Waals surface area contributed by atoms with Gasteiger partial charge >= 0.3 is 0 Å². The van der Waals surface area contributed by atoms with Crippen molar-refractivity contribution in [3.8, 4) is 17.1 Å². The van der Waals surface area contributed by atoms with Crippen molar-refractivity contribution in [2.24, 2.45) is 0 Å². The normalized spacial score (nSPS) is 14.3. The highest BCUT2D eigenvalue weighted by atomic mass is 79.9. The fourth-order valence-corrected chi connectivity index (χ4v) is 2.82. The number of benzene rings is 1. The van der Waals surface area contributed by atoms with Gasteiger partial charge in [0.1, 0.15) is 16.2 Å². The number of hydrogen-bond donors (Lipinski definition) is 1. The van der Waals surface area contributed by atoms with Crippen molar-refractivity contribution in [3.63, 3.8) is 0 Å². The van der Waals surface area contributed by atoms with Crippen LogP contribution in [0.2, 0.25) is 0 Å². The minimum atomic E-state index is 0.850. The van der Waals surface area contributed by atoms with E-state index >= 15 is 0 Å². The fraction of sp³-hybridized carbons (Fsp3) is 0.308. The van der Waals surface area contributed by atoms with Gasteiger partial charge in [-0.15, -0.1) is 0 Å². The monoisotopic (exact) mass is 307 g/mol. The molecule has 0 atom stereocenters. The molecule has 1 aliphatic rings. The average Bonchev–Trinajstić information content (AvgIpc) is 2.77. The number of para-hydroxylation sites is 1. The molecular formula is C13H14BrN3O. The third kappa shape index (κ3) is 1.83. The van der Waals surface area contributed by atoms with Gasteiger partial charge in [-0.25, -0.2) is 4.98 Å². The molecule has 0 radical (unpaired) electrons. The predicted molar refractivity (Wildman–Crippen MR) is 73.6 cm³/mol. The summed E-state index contributed by atoms with van der Waals surface area (Å²) in [5.74, 6) is 1.83. The molecule has 2 heterocycles. The Morgan fingerprint density at radius 3 is 3.06 bits per heavy atom. The van der Waals surface area contributed by atoms with E-state index in [4.69, 9.17) is 4.74 Å². The second-order valence-electron chi connectivity index (χ2n) is 4.20. The Bertz CT molecular complexity index is 580. The van der Waals surface area contributed by atoms with Crippen LogP contribution in [0.4, 0.5) is 0 Å². The number of imidazole rings is 1. The lowest BCUT2D eigenvalue weighted by atomic mass is 10.2. The van der Waals surface area contributed by atoms with Crippen LogP contribution >= 0.6 is 15.9 Å². The summed E-state index contributed by atoms with van der Waals surface area (Å²) >= 11 is 3.53. The van der Waals surface area contributed by atoms with Crippen molar-refractivity contribution in [1.29, 1.82) is 0 Å². The number of rotatable bonds is 2. The Labute approximate surface area is 114 Å². The lowest BCUT2D eigenvalue weighted by Gasteiger charge is -2.18. The molecule has 5 heteroatoms. The van der Waals surface area contributed by atoms with E-state index in [0.29, 0.717) is 0 Å². The Morgan fingerprint density at radius 1 is 1.39 bits per heavy atom. The summed E-state index contributed by atoms with van der Waals surface area (Å²) in [6.07, 6.45) is 0. The number of methoxy groups -OCH3 is 1. The molecule has 0 amide bonds. The summed E-state index contributed by atoms with van der Waals surface area (Å²) in [4.78, 5) is 4.63. The zero-order valence-corrected chi connectivity index (χ0v) is 11.7. The minimum Gasteiger partial charge on any atom is -0.496 e. The molecule has 1 aromatic carbocycles. The Hall–Kier alpha value is -1.33. The summed E-state index contributed by atoms with van der Waals surface area (Å²) < 4.78 is 8.58. The lowest BCUT2D eigenvalue weighted by molar-refractivity contribution is 0.415. The van der Waals surface area contributed by atoms with Crippen molar-refractivity contribution in [2.75, 3.05) is 13.7 Å². The second-order valence-corrected chi connectivity index (χ2v) is 4.95. The van der Waals surface area contributed by atoms with Gasteiger partial charge in [0, 0.05) is 19.6 Å². The highest BCUT2D eigenvalue weighted by Crippen LogP contribution is 2.32. The average molecular weight is 308 g/mol. The molecule has 0 saturated carbocycles. The molecule has 4 nitrogen and oxygen atoms in total. The lowest BCUT2D eigenvalue weighted by Crippen LogP contribution is -2.28. The molecule has 2 aromatic rings. The van der Waals surface area contributed by atoms with Crippen LogP contribution in [0.1, 0.15) is 5.69 Å². The molecule has 1 aromatic heterocycles. The molecule has 3 rings (SSSR count). The van der Waals surface area contributed by atoms with E-state index < -0.39 is 0 Å². The van der Waals surface area contributed by atoms with Crippen molar-refractivity contribution in [2.45, 2.75) is 13.1 Å². The van der Waals surface area contributed by atoms with Gasteiger partial charge in [0.05, 0.1) is 18.4 Å². The maximum Gasteiger partial charge on any atom is 0.145 e. The first-order chi connectivity index (χ1) is 8.81. The van der Waals surface area contributed by atoms with E-state index in [1.54, 1.807) is 7.11 Å². The highest BCUT2D eigenvalue weighted by Gasteiger charge is 2.20. The van der Waals surface area contributed by atoms with E-state index in [1.165, 1.54) is 5.69 Å². The van der Waals surface area contributed by atoms with E-state index in [2.05, 4.69) is 30.8 Å². The number of aromatic nitrogens is 2. The van der Waals surface area contributed by atoms with Crippen LogP contribution in [0, 0.1) is 0 Å². The smallest absolute Gasteiger partial charge is 0.145 e. The summed E-state index contributed by atoms with van der Waals surface area (Å²) in [6, 6.07) is 7.99. The number of fused-ring (bicyclic) bond motifs is 1. The van der Waals surface area contributed by atoms with Crippen molar-refractivity contribution >= 4 is 15.9 Å². The number of nitrogens with one attached hydrogen (secondary N) is 1. The minimum absolute atomic E-state index is 0.850. The largest absolute Gasteiger partial charge is 0.496 e. The number of hydrogen-bond acceptors (Lipinski definition) is 3. The number of ether oxygens (including phenoxy) is 1. The molecule has 0 saturated heterocycles. The maximum atomic E-state index is 5.42. The Morgan fingerprint density at radius 2 is 2.22 bits per heavy atom. The summed E-state index contributed by atoms with van der Waals surface area (Å²) in [5, 5.41) is 3.35. The molecule has 0 unspecified atom stereocenters. The molecule has 0 spiro atoms. The van der Waals surface area contributed by atoms with Gasteiger partial charge in [-0.1, -0.05) is 12.1 Å². The zero-order chi connectivity index (χ0) is 12.5.